The maximum Gasteiger partial charge on any atom is 0.414 e. The molecule has 5 atom stereocenters. The van der Waals surface area contributed by atoms with Gasteiger partial charge in [0.05, 0.1) is 24.7 Å². The zero-order chi connectivity index (χ0) is 39.6. The molecule has 18 nitrogen and oxygen atoms in total. The molecule has 296 valence electrons. The highest BCUT2D eigenvalue weighted by molar-refractivity contribution is 5.95. The number of carboxylic acid groups (broad SMARTS) is 1. The van der Waals surface area contributed by atoms with E-state index in [1.807, 2.05) is 33.0 Å². The number of ether oxygens (including phenoxy) is 3. The first kappa shape index (κ1) is 40.1. The Labute approximate surface area is 313 Å². The fourth-order valence-electron chi connectivity index (χ4n) is 8.40. The molecule has 2 aliphatic heterocycles. The quantitative estimate of drug-likeness (QED) is 0.0460. The van der Waals surface area contributed by atoms with Gasteiger partial charge in [-0.2, -0.15) is 0 Å². The fraction of sp³-hybridized carbons (Fsp3) is 0.611. The lowest BCUT2D eigenvalue weighted by Gasteiger charge is -2.61. The number of hydrogen-bond acceptors (Lipinski definition) is 11. The number of nitrogens with zero attached hydrogens (tertiary/aromatic N) is 2. The van der Waals surface area contributed by atoms with E-state index in [2.05, 4.69) is 26.2 Å². The third kappa shape index (κ3) is 7.89. The SMILES string of the molecule is COc1ccc2c3c1O[C@H]1C(OC(=O)N(C)CC(C)(C)CNC(=O)[C@H](CCCNC(=N)N)NC(=O)CNC(=O)CC(=O)O)=CC[C@@]4(O)[C@@H](C2)N(C)CC[C@]314. The van der Waals surface area contributed by atoms with Gasteiger partial charge in [-0.25, -0.2) is 4.79 Å². The summed E-state index contributed by atoms with van der Waals surface area (Å²) < 4.78 is 18.3. The summed E-state index contributed by atoms with van der Waals surface area (Å²) in [6.07, 6.45) is 1.63. The van der Waals surface area contributed by atoms with E-state index < -0.39 is 71.3 Å². The van der Waals surface area contributed by atoms with Gasteiger partial charge in [0.2, 0.25) is 17.7 Å². The molecule has 2 aliphatic carbocycles. The molecular formula is C36H52N8O10. The second kappa shape index (κ2) is 15.7. The van der Waals surface area contributed by atoms with Crippen molar-refractivity contribution in [3.63, 3.8) is 0 Å². The normalized spacial score (nSPS) is 24.1. The average molecular weight is 757 g/mol. The van der Waals surface area contributed by atoms with Gasteiger partial charge in [-0.05, 0) is 62.4 Å². The Hall–Kier alpha value is -5.10. The van der Waals surface area contributed by atoms with Crippen LogP contribution in [0.4, 0.5) is 4.79 Å². The highest BCUT2D eigenvalue weighted by atomic mass is 16.6. The largest absolute Gasteiger partial charge is 0.493 e. The second-order valence-electron chi connectivity index (χ2n) is 15.3. The molecule has 9 N–H and O–H groups in total. The molecule has 5 rings (SSSR count). The van der Waals surface area contributed by atoms with Gasteiger partial charge in [-0.1, -0.05) is 19.9 Å². The van der Waals surface area contributed by atoms with Crippen LogP contribution < -0.4 is 36.5 Å². The Balaban J connectivity index is 1.21. The Bertz CT molecular complexity index is 1720. The van der Waals surface area contributed by atoms with Crippen molar-refractivity contribution in [1.82, 2.24) is 31.1 Å². The minimum absolute atomic E-state index is 0.105. The third-order valence-corrected chi connectivity index (χ3v) is 10.9. The predicted molar refractivity (Wildman–Crippen MR) is 194 cm³/mol. The van der Waals surface area contributed by atoms with Gasteiger partial charge in [-0.15, -0.1) is 0 Å². The summed E-state index contributed by atoms with van der Waals surface area (Å²) in [5, 5.41) is 38.8. The van der Waals surface area contributed by atoms with Crippen LogP contribution >= 0.6 is 0 Å². The van der Waals surface area contributed by atoms with Crippen LogP contribution in [0, 0.1) is 10.8 Å². The standard InChI is InChI=1S/C36H52N8O10/c1-34(2,18-41-31(49)21(7-6-13-39-32(37)38)42-26(46)17-40-25(45)16-27(47)48)19-44(4)33(50)53-23-10-11-36(51)24-15-20-8-9-22(52-5)29-28(20)35(36,30(23)54-29)12-14-43(24)3/h8-10,21,24,30,51H,6-7,11-19H2,1-5H3,(H,40,45)(H,41,49)(H,42,46)(H,47,48)(H4,37,38,39)/t21-,24+,30-,35-,36+/m0/s1. The summed E-state index contributed by atoms with van der Waals surface area (Å²) in [5.74, 6) is -2.20. The lowest BCUT2D eigenvalue weighted by Crippen LogP contribution is -2.74. The molecule has 4 amide bonds. The number of likely N-dealkylation sites (N-methyl/N-ethyl adjacent to an activating group) is 1. The minimum atomic E-state index is -1.35. The molecule has 1 saturated heterocycles. The molecule has 4 aliphatic rings. The van der Waals surface area contributed by atoms with Crippen molar-refractivity contribution in [3.8, 4) is 11.5 Å². The molecule has 0 aromatic heterocycles. The molecule has 1 fully saturated rings. The maximum absolute atomic E-state index is 13.7. The summed E-state index contributed by atoms with van der Waals surface area (Å²) in [6.45, 7) is 4.44. The van der Waals surface area contributed by atoms with Crippen molar-refractivity contribution in [1.29, 1.82) is 5.41 Å². The van der Waals surface area contributed by atoms with Crippen molar-refractivity contribution in [2.75, 3.05) is 53.9 Å². The minimum Gasteiger partial charge on any atom is -0.493 e. The van der Waals surface area contributed by atoms with Gasteiger partial charge in [-0.3, -0.25) is 24.6 Å². The van der Waals surface area contributed by atoms with Crippen molar-refractivity contribution in [3.05, 3.63) is 35.1 Å². The van der Waals surface area contributed by atoms with E-state index in [0.717, 1.165) is 17.7 Å². The molecule has 1 aromatic rings. The number of rotatable bonds is 16. The van der Waals surface area contributed by atoms with E-state index in [1.165, 1.54) is 4.90 Å². The van der Waals surface area contributed by atoms with Crippen LogP contribution in [0.25, 0.3) is 0 Å². The van der Waals surface area contributed by atoms with Crippen LogP contribution in [0.2, 0.25) is 0 Å². The highest BCUT2D eigenvalue weighted by Crippen LogP contribution is 2.65. The summed E-state index contributed by atoms with van der Waals surface area (Å²) in [5.41, 5.74) is 4.70. The van der Waals surface area contributed by atoms with Crippen LogP contribution in [0.5, 0.6) is 11.5 Å². The number of aliphatic hydroxyl groups is 1. The van der Waals surface area contributed by atoms with Gasteiger partial charge < -0.3 is 61.2 Å². The van der Waals surface area contributed by atoms with Crippen molar-refractivity contribution < 1.29 is 48.4 Å². The Kier molecular flexibility index (Phi) is 11.7. The first-order chi connectivity index (χ1) is 25.4. The molecule has 1 spiro atoms. The van der Waals surface area contributed by atoms with Gasteiger partial charge >= 0.3 is 12.1 Å². The van der Waals surface area contributed by atoms with Gasteiger partial charge in [0.15, 0.2) is 23.6 Å². The Morgan fingerprint density at radius 3 is 2.61 bits per heavy atom. The number of methoxy groups -OCH3 is 1. The smallest absolute Gasteiger partial charge is 0.414 e. The number of nitrogens with two attached hydrogens (primary N) is 1. The third-order valence-electron chi connectivity index (χ3n) is 10.9. The number of guanidine groups is 1. The number of amides is 4. The van der Waals surface area contributed by atoms with E-state index in [4.69, 9.17) is 30.5 Å². The molecule has 1 aromatic carbocycles. The van der Waals surface area contributed by atoms with Crippen LogP contribution in [-0.2, 0) is 35.8 Å². The van der Waals surface area contributed by atoms with Crippen LogP contribution in [0.1, 0.15) is 57.1 Å². The zero-order valence-corrected chi connectivity index (χ0v) is 31.4. The number of piperidine rings is 1. The van der Waals surface area contributed by atoms with Gasteiger partial charge in [0.25, 0.3) is 0 Å². The summed E-state index contributed by atoms with van der Waals surface area (Å²) >= 11 is 0. The van der Waals surface area contributed by atoms with E-state index in [9.17, 15) is 29.1 Å². The summed E-state index contributed by atoms with van der Waals surface area (Å²) in [4.78, 5) is 65.5. The van der Waals surface area contributed by atoms with Gasteiger partial charge in [0.1, 0.15) is 18.2 Å². The van der Waals surface area contributed by atoms with Gasteiger partial charge in [0, 0.05) is 44.7 Å². The van der Waals surface area contributed by atoms with E-state index in [-0.39, 0.29) is 44.5 Å². The predicted octanol–water partition coefficient (Wildman–Crippen LogP) is -0.477. The van der Waals surface area contributed by atoms with Crippen molar-refractivity contribution in [2.24, 2.45) is 11.1 Å². The number of carboxylic acids is 1. The van der Waals surface area contributed by atoms with Crippen LogP contribution in [0.3, 0.4) is 0 Å². The average Bonchev–Trinajstić information content (AvgIpc) is 3.46. The number of aliphatic carboxylic acids is 1. The number of benzene rings is 1. The maximum atomic E-state index is 13.7. The highest BCUT2D eigenvalue weighted by Gasteiger charge is 2.72. The molecule has 2 bridgehead atoms. The number of carbonyl (C=O) groups is 5. The van der Waals surface area contributed by atoms with Crippen LogP contribution in [-0.4, -0.2) is 133 Å². The molecule has 18 heteroatoms. The monoisotopic (exact) mass is 756 g/mol. The summed E-state index contributed by atoms with van der Waals surface area (Å²) in [7, 11) is 5.18. The first-order valence-electron chi connectivity index (χ1n) is 18.0. The first-order valence-corrected chi connectivity index (χ1v) is 18.0. The van der Waals surface area contributed by atoms with E-state index in [1.54, 1.807) is 20.2 Å². The molecule has 0 saturated carbocycles. The fourth-order valence-corrected chi connectivity index (χ4v) is 8.40. The zero-order valence-electron chi connectivity index (χ0n) is 31.4. The molecule has 0 radical (unpaired) electrons. The van der Waals surface area contributed by atoms with Crippen molar-refractivity contribution in [2.45, 2.75) is 81.6 Å². The van der Waals surface area contributed by atoms with E-state index >= 15 is 0 Å². The second-order valence-corrected chi connectivity index (χ2v) is 15.3. The number of hydrogen-bond donors (Lipinski definition) is 8. The lowest BCUT2D eigenvalue weighted by molar-refractivity contribution is -0.163. The van der Waals surface area contributed by atoms with Crippen molar-refractivity contribution >= 4 is 35.7 Å². The molecular weight excluding hydrogens is 704 g/mol. The molecule has 2 heterocycles. The number of likely N-dealkylation sites (tertiary alicyclic amines) is 1. The Morgan fingerprint density at radius 2 is 1.93 bits per heavy atom. The number of nitrogens with one attached hydrogen (secondary N) is 5. The molecule has 54 heavy (non-hydrogen) atoms. The summed E-state index contributed by atoms with van der Waals surface area (Å²) in [6, 6.07) is 2.73. The topological polar surface area (TPSA) is 258 Å². The molecule has 0 unspecified atom stereocenters. The van der Waals surface area contributed by atoms with E-state index in [0.29, 0.717) is 36.5 Å². The van der Waals surface area contributed by atoms with Crippen LogP contribution in [0.15, 0.2) is 24.0 Å². The number of carbonyl (C=O) groups excluding carboxylic acids is 4. The lowest BCUT2D eigenvalue weighted by atomic mass is 9.50. The Morgan fingerprint density at radius 1 is 1.19 bits per heavy atom.